The number of rotatable bonds is 4. The van der Waals surface area contributed by atoms with Gasteiger partial charge < -0.3 is 9.72 Å². The second-order valence-electron chi connectivity index (χ2n) is 6.38. The molecule has 0 amide bonds. The zero-order valence-electron chi connectivity index (χ0n) is 14.8. The maximum atomic E-state index is 6.48. The van der Waals surface area contributed by atoms with E-state index in [4.69, 9.17) is 32.9 Å². The standard InChI is InChI=1S/C19H19Cl2N5O/c1-12(26-6-8-27-9-7-26)18-24-11-15(19-22-4-5-23-19)17(25-18)14-3-2-13(20)10-16(14)21/h2-5,10-12H,6-9H2,1H3,(H,22,23). The van der Waals surface area contributed by atoms with Crippen LogP contribution in [-0.4, -0.2) is 51.1 Å². The largest absolute Gasteiger partial charge is 0.379 e. The van der Waals surface area contributed by atoms with E-state index in [0.29, 0.717) is 15.9 Å². The Morgan fingerprint density at radius 3 is 2.67 bits per heavy atom. The minimum Gasteiger partial charge on any atom is -0.379 e. The maximum absolute atomic E-state index is 6.48. The lowest BCUT2D eigenvalue weighted by Gasteiger charge is -2.31. The van der Waals surface area contributed by atoms with Gasteiger partial charge in [0.2, 0.25) is 0 Å². The minimum atomic E-state index is 0.0735. The van der Waals surface area contributed by atoms with Crippen LogP contribution >= 0.6 is 23.2 Å². The molecule has 1 N–H and O–H groups in total. The van der Waals surface area contributed by atoms with E-state index < -0.39 is 0 Å². The first-order valence-electron chi connectivity index (χ1n) is 8.77. The van der Waals surface area contributed by atoms with Gasteiger partial charge in [0, 0.05) is 42.3 Å². The van der Waals surface area contributed by atoms with Gasteiger partial charge >= 0.3 is 0 Å². The fourth-order valence-corrected chi connectivity index (χ4v) is 3.70. The van der Waals surface area contributed by atoms with Crippen molar-refractivity contribution in [3.63, 3.8) is 0 Å². The zero-order valence-corrected chi connectivity index (χ0v) is 16.3. The predicted octanol–water partition coefficient (Wildman–Crippen LogP) is 4.23. The molecule has 1 aliphatic heterocycles. The van der Waals surface area contributed by atoms with Crippen LogP contribution in [0.4, 0.5) is 0 Å². The van der Waals surface area contributed by atoms with E-state index in [1.165, 1.54) is 0 Å². The highest BCUT2D eigenvalue weighted by molar-refractivity contribution is 6.36. The van der Waals surface area contributed by atoms with Crippen LogP contribution in [0, 0.1) is 0 Å². The van der Waals surface area contributed by atoms with Crippen LogP contribution in [0.3, 0.4) is 0 Å². The number of aromatic amines is 1. The third kappa shape index (κ3) is 3.84. The summed E-state index contributed by atoms with van der Waals surface area (Å²) >= 11 is 12.5. The molecule has 0 saturated carbocycles. The number of ether oxygens (including phenoxy) is 1. The lowest BCUT2D eigenvalue weighted by atomic mass is 10.1. The molecule has 1 saturated heterocycles. The molecule has 1 atom stereocenters. The second kappa shape index (κ2) is 7.94. The molecule has 0 radical (unpaired) electrons. The Labute approximate surface area is 167 Å². The fourth-order valence-electron chi connectivity index (χ4n) is 3.20. The second-order valence-corrected chi connectivity index (χ2v) is 7.22. The van der Waals surface area contributed by atoms with Crippen LogP contribution in [0.15, 0.2) is 36.8 Å². The van der Waals surface area contributed by atoms with Gasteiger partial charge in [0.05, 0.1) is 35.5 Å². The first-order chi connectivity index (χ1) is 13.1. The average molecular weight is 404 g/mol. The number of H-pyrrole nitrogens is 1. The van der Waals surface area contributed by atoms with Crippen LogP contribution in [0.5, 0.6) is 0 Å². The van der Waals surface area contributed by atoms with Gasteiger partial charge in [0.15, 0.2) is 0 Å². The van der Waals surface area contributed by atoms with Crippen molar-refractivity contribution >= 4 is 23.2 Å². The van der Waals surface area contributed by atoms with Crippen molar-refractivity contribution in [2.45, 2.75) is 13.0 Å². The lowest BCUT2D eigenvalue weighted by molar-refractivity contribution is 0.0182. The molecule has 8 heteroatoms. The van der Waals surface area contributed by atoms with Crippen molar-refractivity contribution < 1.29 is 4.74 Å². The summed E-state index contributed by atoms with van der Waals surface area (Å²) in [5, 5.41) is 1.12. The normalized spacial score (nSPS) is 16.4. The Morgan fingerprint density at radius 2 is 1.96 bits per heavy atom. The summed E-state index contributed by atoms with van der Waals surface area (Å²) in [4.78, 5) is 19.3. The highest BCUT2D eigenvalue weighted by atomic mass is 35.5. The number of hydrogen-bond acceptors (Lipinski definition) is 5. The molecular weight excluding hydrogens is 385 g/mol. The van der Waals surface area contributed by atoms with Crippen LogP contribution < -0.4 is 0 Å². The summed E-state index contributed by atoms with van der Waals surface area (Å²) < 4.78 is 5.45. The number of aromatic nitrogens is 4. The molecule has 3 heterocycles. The summed E-state index contributed by atoms with van der Waals surface area (Å²) in [6, 6.07) is 5.48. The van der Waals surface area contributed by atoms with Crippen molar-refractivity contribution in [3.05, 3.63) is 52.7 Å². The molecule has 1 aromatic carbocycles. The molecule has 140 valence electrons. The number of imidazole rings is 1. The number of hydrogen-bond donors (Lipinski definition) is 1. The van der Waals surface area contributed by atoms with Crippen molar-refractivity contribution in [2.75, 3.05) is 26.3 Å². The summed E-state index contributed by atoms with van der Waals surface area (Å²) in [6.07, 6.45) is 5.28. The molecule has 1 unspecified atom stereocenters. The van der Waals surface area contributed by atoms with E-state index in [1.54, 1.807) is 24.7 Å². The molecule has 1 fully saturated rings. The summed E-state index contributed by atoms with van der Waals surface area (Å²) in [7, 11) is 0. The van der Waals surface area contributed by atoms with Gasteiger partial charge in [-0.15, -0.1) is 0 Å². The minimum absolute atomic E-state index is 0.0735. The van der Waals surface area contributed by atoms with E-state index in [9.17, 15) is 0 Å². The number of nitrogens with zero attached hydrogens (tertiary/aromatic N) is 4. The smallest absolute Gasteiger partial charge is 0.145 e. The van der Waals surface area contributed by atoms with Crippen LogP contribution in [0.2, 0.25) is 10.0 Å². The first kappa shape index (κ1) is 18.4. The first-order valence-corrected chi connectivity index (χ1v) is 9.53. The van der Waals surface area contributed by atoms with Gasteiger partial charge in [-0.05, 0) is 25.1 Å². The average Bonchev–Trinajstić information content (AvgIpc) is 3.22. The SMILES string of the molecule is CC(c1ncc(-c2ncc[nH]2)c(-c2ccc(Cl)cc2Cl)n1)N1CCOCC1. The number of nitrogens with one attached hydrogen (secondary N) is 1. The highest BCUT2D eigenvalue weighted by Gasteiger charge is 2.23. The van der Waals surface area contributed by atoms with Gasteiger partial charge in [0.25, 0.3) is 0 Å². The van der Waals surface area contributed by atoms with Crippen molar-refractivity contribution in [1.29, 1.82) is 0 Å². The predicted molar refractivity (Wildman–Crippen MR) is 106 cm³/mol. The van der Waals surface area contributed by atoms with Gasteiger partial charge in [-0.25, -0.2) is 15.0 Å². The Morgan fingerprint density at radius 1 is 1.15 bits per heavy atom. The highest BCUT2D eigenvalue weighted by Crippen LogP contribution is 2.35. The Kier molecular flexibility index (Phi) is 5.41. The molecule has 2 aromatic heterocycles. The van der Waals surface area contributed by atoms with Gasteiger partial charge in [0.1, 0.15) is 11.6 Å². The van der Waals surface area contributed by atoms with Crippen LogP contribution in [-0.2, 0) is 4.74 Å². The lowest BCUT2D eigenvalue weighted by Crippen LogP contribution is -2.38. The maximum Gasteiger partial charge on any atom is 0.145 e. The fraction of sp³-hybridized carbons (Fsp3) is 0.316. The monoisotopic (exact) mass is 403 g/mol. The number of halogens is 2. The Balaban J connectivity index is 1.80. The molecular formula is C19H19Cl2N5O. The molecule has 0 aliphatic carbocycles. The molecule has 6 nitrogen and oxygen atoms in total. The van der Waals surface area contributed by atoms with E-state index in [0.717, 1.165) is 48.9 Å². The summed E-state index contributed by atoms with van der Waals surface area (Å²) in [5.41, 5.74) is 2.32. The molecule has 4 rings (SSSR count). The number of morpholine rings is 1. The molecule has 27 heavy (non-hydrogen) atoms. The van der Waals surface area contributed by atoms with E-state index in [1.807, 2.05) is 12.1 Å². The van der Waals surface area contributed by atoms with E-state index in [2.05, 4.69) is 26.8 Å². The number of benzene rings is 1. The van der Waals surface area contributed by atoms with E-state index >= 15 is 0 Å². The third-order valence-electron chi connectivity index (χ3n) is 4.71. The van der Waals surface area contributed by atoms with Crippen molar-refractivity contribution in [1.82, 2.24) is 24.8 Å². The topological polar surface area (TPSA) is 66.9 Å². The van der Waals surface area contributed by atoms with Gasteiger partial charge in [-0.3, -0.25) is 4.90 Å². The van der Waals surface area contributed by atoms with Crippen LogP contribution in [0.25, 0.3) is 22.6 Å². The Bertz CT molecular complexity index is 926. The molecule has 0 bridgehead atoms. The Hall–Kier alpha value is -1.99. The molecule has 0 spiro atoms. The van der Waals surface area contributed by atoms with E-state index in [-0.39, 0.29) is 6.04 Å². The quantitative estimate of drug-likeness (QED) is 0.705. The van der Waals surface area contributed by atoms with Crippen molar-refractivity contribution in [3.8, 4) is 22.6 Å². The zero-order chi connectivity index (χ0) is 18.8. The van der Waals surface area contributed by atoms with Gasteiger partial charge in [-0.1, -0.05) is 23.2 Å². The molecule has 1 aliphatic rings. The van der Waals surface area contributed by atoms with Crippen LogP contribution in [0.1, 0.15) is 18.8 Å². The molecule has 3 aromatic rings. The van der Waals surface area contributed by atoms with Gasteiger partial charge in [-0.2, -0.15) is 0 Å². The summed E-state index contributed by atoms with van der Waals surface area (Å²) in [5.74, 6) is 1.44. The third-order valence-corrected chi connectivity index (χ3v) is 5.26. The van der Waals surface area contributed by atoms with Crippen molar-refractivity contribution in [2.24, 2.45) is 0 Å². The summed E-state index contributed by atoms with van der Waals surface area (Å²) in [6.45, 7) is 5.29.